The lowest BCUT2D eigenvalue weighted by Gasteiger charge is -2.14. The molecule has 2 atom stereocenters. The summed E-state index contributed by atoms with van der Waals surface area (Å²) in [7, 11) is 0. The molecule has 3 N–H and O–H groups in total. The van der Waals surface area contributed by atoms with Gasteiger partial charge in [-0.2, -0.15) is 11.8 Å². The molecule has 5 heteroatoms. The van der Waals surface area contributed by atoms with Gasteiger partial charge in [0.25, 0.3) is 0 Å². The maximum Gasteiger partial charge on any atom is 0.250 e. The molecule has 2 rings (SSSR count). The molecule has 1 aliphatic heterocycles. The molecule has 1 amide bonds. The zero-order valence-corrected chi connectivity index (χ0v) is 11.1. The van der Waals surface area contributed by atoms with Crippen LogP contribution in [0.3, 0.4) is 0 Å². The summed E-state index contributed by atoms with van der Waals surface area (Å²) in [5, 5.41) is 4.53. The molecule has 1 aliphatic rings. The molecular weight excluding hydrogens is 256 g/mol. The number of carbonyl (C=O) groups excluding carboxylic acids is 1. The predicted molar refractivity (Wildman–Crippen MR) is 73.9 cm³/mol. The van der Waals surface area contributed by atoms with E-state index in [0.29, 0.717) is 21.9 Å². The number of halogens is 1. The largest absolute Gasteiger partial charge is 0.381 e. The first-order valence-electron chi connectivity index (χ1n) is 5.53. The average Bonchev–Trinajstić information content (AvgIpc) is 2.63. The minimum Gasteiger partial charge on any atom is -0.381 e. The summed E-state index contributed by atoms with van der Waals surface area (Å²) in [6.45, 7) is 2.23. The SMILES string of the molecule is CC1CC(Nc2ccc(C(N)=O)c(Cl)c2)CS1. The van der Waals surface area contributed by atoms with Gasteiger partial charge in [0, 0.05) is 22.7 Å². The van der Waals surface area contributed by atoms with Gasteiger partial charge in [0.15, 0.2) is 0 Å². The molecule has 1 heterocycles. The number of nitrogens with one attached hydrogen (secondary N) is 1. The number of rotatable bonds is 3. The van der Waals surface area contributed by atoms with Crippen LogP contribution in [0.15, 0.2) is 18.2 Å². The Morgan fingerprint density at radius 2 is 2.35 bits per heavy atom. The van der Waals surface area contributed by atoms with E-state index >= 15 is 0 Å². The molecule has 2 unspecified atom stereocenters. The monoisotopic (exact) mass is 270 g/mol. The molecule has 1 saturated heterocycles. The Kier molecular flexibility index (Phi) is 3.84. The number of nitrogens with two attached hydrogens (primary N) is 1. The number of thioether (sulfide) groups is 1. The van der Waals surface area contributed by atoms with Crippen LogP contribution in [0.25, 0.3) is 0 Å². The maximum atomic E-state index is 11.0. The van der Waals surface area contributed by atoms with Crippen LogP contribution in [0.1, 0.15) is 23.7 Å². The molecule has 0 bridgehead atoms. The summed E-state index contributed by atoms with van der Waals surface area (Å²) < 4.78 is 0. The van der Waals surface area contributed by atoms with Crippen molar-refractivity contribution < 1.29 is 4.79 Å². The fraction of sp³-hybridized carbons (Fsp3) is 0.417. The van der Waals surface area contributed by atoms with E-state index in [9.17, 15) is 4.79 Å². The Hall–Kier alpha value is -0.870. The van der Waals surface area contributed by atoms with Gasteiger partial charge in [-0.1, -0.05) is 18.5 Å². The molecule has 1 aromatic rings. The van der Waals surface area contributed by atoms with Crippen molar-refractivity contribution in [3.63, 3.8) is 0 Å². The lowest BCUT2D eigenvalue weighted by atomic mass is 10.1. The van der Waals surface area contributed by atoms with E-state index in [1.165, 1.54) is 0 Å². The van der Waals surface area contributed by atoms with Gasteiger partial charge in [0.05, 0.1) is 10.6 Å². The standard InChI is InChI=1S/C12H15ClN2OS/c1-7-4-9(6-17-7)15-8-2-3-10(12(14)16)11(13)5-8/h2-3,5,7,9,15H,4,6H2,1H3,(H2,14,16). The number of anilines is 1. The summed E-state index contributed by atoms with van der Waals surface area (Å²) >= 11 is 7.96. The number of amides is 1. The highest BCUT2D eigenvalue weighted by Gasteiger charge is 2.21. The molecule has 92 valence electrons. The van der Waals surface area contributed by atoms with Crippen molar-refractivity contribution in [2.45, 2.75) is 24.6 Å². The number of carbonyl (C=O) groups is 1. The fourth-order valence-electron chi connectivity index (χ4n) is 1.96. The highest BCUT2D eigenvalue weighted by molar-refractivity contribution is 8.00. The van der Waals surface area contributed by atoms with Gasteiger partial charge in [0.2, 0.25) is 5.91 Å². The quantitative estimate of drug-likeness (QED) is 0.888. The Morgan fingerprint density at radius 1 is 1.59 bits per heavy atom. The molecule has 1 aromatic carbocycles. The molecule has 3 nitrogen and oxygen atoms in total. The Bertz CT molecular complexity index is 439. The van der Waals surface area contributed by atoms with Crippen molar-refractivity contribution >= 4 is 35.0 Å². The molecule has 0 spiro atoms. The second-order valence-electron chi connectivity index (χ2n) is 4.28. The summed E-state index contributed by atoms with van der Waals surface area (Å²) in [5.74, 6) is 0.614. The first-order chi connectivity index (χ1) is 8.06. The summed E-state index contributed by atoms with van der Waals surface area (Å²) in [5.41, 5.74) is 6.51. The van der Waals surface area contributed by atoms with Crippen molar-refractivity contribution in [3.8, 4) is 0 Å². The smallest absolute Gasteiger partial charge is 0.250 e. The first-order valence-corrected chi connectivity index (χ1v) is 6.96. The van der Waals surface area contributed by atoms with E-state index in [-0.39, 0.29) is 0 Å². The lowest BCUT2D eigenvalue weighted by molar-refractivity contribution is 0.100. The molecular formula is C12H15ClN2OS. The number of benzene rings is 1. The third-order valence-electron chi connectivity index (χ3n) is 2.80. The summed E-state index contributed by atoms with van der Waals surface area (Å²) in [4.78, 5) is 11.0. The van der Waals surface area contributed by atoms with E-state index < -0.39 is 5.91 Å². The van der Waals surface area contributed by atoms with Crippen molar-refractivity contribution in [2.75, 3.05) is 11.1 Å². The Labute approximate surface area is 110 Å². The highest BCUT2D eigenvalue weighted by atomic mass is 35.5. The van der Waals surface area contributed by atoms with Crippen LogP contribution in [0.2, 0.25) is 5.02 Å². The van der Waals surface area contributed by atoms with E-state index in [0.717, 1.165) is 17.9 Å². The molecule has 0 aromatic heterocycles. The lowest BCUT2D eigenvalue weighted by Crippen LogP contribution is -2.19. The fourth-order valence-corrected chi connectivity index (χ4v) is 3.38. The number of primary amides is 1. The van der Waals surface area contributed by atoms with Crippen molar-refractivity contribution in [1.82, 2.24) is 0 Å². The van der Waals surface area contributed by atoms with E-state index in [1.807, 2.05) is 17.8 Å². The van der Waals surface area contributed by atoms with E-state index in [4.69, 9.17) is 17.3 Å². The zero-order chi connectivity index (χ0) is 12.4. The third kappa shape index (κ3) is 3.07. The molecule has 1 fully saturated rings. The van der Waals surface area contributed by atoms with Crippen LogP contribution in [0.5, 0.6) is 0 Å². The maximum absolute atomic E-state index is 11.0. The van der Waals surface area contributed by atoms with E-state index in [1.54, 1.807) is 12.1 Å². The van der Waals surface area contributed by atoms with Crippen LogP contribution in [-0.2, 0) is 0 Å². The van der Waals surface area contributed by atoms with Gasteiger partial charge in [-0.3, -0.25) is 4.79 Å². The van der Waals surface area contributed by atoms with Crippen molar-refractivity contribution in [2.24, 2.45) is 5.73 Å². The average molecular weight is 271 g/mol. The first kappa shape index (κ1) is 12.6. The Balaban J connectivity index is 2.07. The van der Waals surface area contributed by atoms with Crippen molar-refractivity contribution in [3.05, 3.63) is 28.8 Å². The van der Waals surface area contributed by atoms with Crippen LogP contribution in [0.4, 0.5) is 5.69 Å². The molecule has 0 aliphatic carbocycles. The van der Waals surface area contributed by atoms with Crippen LogP contribution in [0, 0.1) is 0 Å². The highest BCUT2D eigenvalue weighted by Crippen LogP contribution is 2.29. The second-order valence-corrected chi connectivity index (χ2v) is 6.16. The van der Waals surface area contributed by atoms with Gasteiger partial charge in [-0.15, -0.1) is 0 Å². The van der Waals surface area contributed by atoms with Crippen LogP contribution < -0.4 is 11.1 Å². The Morgan fingerprint density at radius 3 is 2.88 bits per heavy atom. The normalized spacial score (nSPS) is 23.6. The summed E-state index contributed by atoms with van der Waals surface area (Å²) in [6, 6.07) is 5.75. The van der Waals surface area contributed by atoms with Crippen molar-refractivity contribution in [1.29, 1.82) is 0 Å². The molecule has 0 radical (unpaired) electrons. The molecule has 0 saturated carbocycles. The van der Waals surface area contributed by atoms with Gasteiger partial charge < -0.3 is 11.1 Å². The molecule has 17 heavy (non-hydrogen) atoms. The third-order valence-corrected chi connectivity index (χ3v) is 4.47. The second kappa shape index (κ2) is 5.19. The number of hydrogen-bond donors (Lipinski definition) is 2. The van der Waals surface area contributed by atoms with E-state index in [2.05, 4.69) is 12.2 Å². The zero-order valence-electron chi connectivity index (χ0n) is 9.57. The minimum atomic E-state index is -0.494. The van der Waals surface area contributed by atoms with Gasteiger partial charge in [-0.25, -0.2) is 0 Å². The minimum absolute atomic E-state index is 0.367. The van der Waals surface area contributed by atoms with Gasteiger partial charge in [0.1, 0.15) is 0 Å². The van der Waals surface area contributed by atoms with Crippen LogP contribution in [-0.4, -0.2) is 23.0 Å². The summed E-state index contributed by atoms with van der Waals surface area (Å²) in [6.07, 6.45) is 1.15. The topological polar surface area (TPSA) is 55.1 Å². The van der Waals surface area contributed by atoms with Gasteiger partial charge >= 0.3 is 0 Å². The van der Waals surface area contributed by atoms with Crippen LogP contribution >= 0.6 is 23.4 Å². The number of hydrogen-bond acceptors (Lipinski definition) is 3. The van der Waals surface area contributed by atoms with Gasteiger partial charge in [-0.05, 0) is 24.6 Å². The predicted octanol–water partition coefficient (Wildman–Crippen LogP) is 2.74.